The van der Waals surface area contributed by atoms with E-state index in [2.05, 4.69) is 0 Å². The highest BCUT2D eigenvalue weighted by Gasteiger charge is 2.40. The molecule has 0 aliphatic rings. The van der Waals surface area contributed by atoms with Crippen LogP contribution >= 0.6 is 0 Å². The van der Waals surface area contributed by atoms with E-state index >= 15 is 0 Å². The number of hydrogen-bond acceptors (Lipinski definition) is 6. The van der Waals surface area contributed by atoms with Crippen LogP contribution < -0.4 is 10.2 Å². The number of nitrogens with zero attached hydrogens (tertiary/aromatic N) is 1. The summed E-state index contributed by atoms with van der Waals surface area (Å²) >= 11 is 0. The second-order valence-corrected chi connectivity index (χ2v) is 7.67. The number of methoxy groups -OCH3 is 2. The van der Waals surface area contributed by atoms with Crippen LogP contribution in [0.1, 0.15) is 43.7 Å². The first-order chi connectivity index (χ1) is 13.0. The maximum atomic E-state index is 12.2. The second kappa shape index (κ2) is 8.38. The Morgan fingerprint density at radius 1 is 1.14 bits per heavy atom. The molecule has 0 spiro atoms. The minimum absolute atomic E-state index is 0.289. The molecular formula is C20H28BNO6. The molecule has 0 amide bonds. The van der Waals surface area contributed by atoms with Crippen LogP contribution in [0.3, 0.4) is 0 Å². The van der Waals surface area contributed by atoms with Crippen molar-refractivity contribution in [3.05, 3.63) is 47.8 Å². The van der Waals surface area contributed by atoms with Crippen LogP contribution in [0.5, 0.6) is 5.75 Å². The predicted octanol–water partition coefficient (Wildman–Crippen LogP) is 1.59. The van der Waals surface area contributed by atoms with Crippen molar-refractivity contribution in [2.75, 3.05) is 14.2 Å². The third kappa shape index (κ3) is 4.95. The summed E-state index contributed by atoms with van der Waals surface area (Å²) in [4.78, 5) is 12.2. The molecule has 0 atom stereocenters. The van der Waals surface area contributed by atoms with E-state index in [1.165, 1.54) is 13.2 Å². The zero-order valence-electron chi connectivity index (χ0n) is 17.2. The number of hydrogen-bond donors (Lipinski definition) is 2. The minimum Gasteiger partial charge on any atom is -0.497 e. The Morgan fingerprint density at radius 3 is 2.25 bits per heavy atom. The zero-order chi connectivity index (χ0) is 21.1. The van der Waals surface area contributed by atoms with Crippen molar-refractivity contribution in [3.8, 4) is 5.75 Å². The average Bonchev–Trinajstić information content (AvgIpc) is 3.04. The standard InChI is InChI=1S/C20H28BNO6/c1-19(2,24)20(3,4)28-21(25)15-11-17(18(23)27-6)22(13-15)12-14-7-9-16(26-5)10-8-14/h7-11,13,24-25H,12H2,1-6H3. The lowest BCUT2D eigenvalue weighted by molar-refractivity contribution is -0.0982. The fourth-order valence-electron chi connectivity index (χ4n) is 2.49. The molecule has 0 aliphatic carbocycles. The highest BCUT2D eigenvalue weighted by molar-refractivity contribution is 6.60. The van der Waals surface area contributed by atoms with E-state index in [0.717, 1.165) is 11.3 Å². The van der Waals surface area contributed by atoms with Crippen LogP contribution in [0.15, 0.2) is 36.5 Å². The number of carbonyl (C=O) groups is 1. The Morgan fingerprint density at radius 2 is 1.75 bits per heavy atom. The zero-order valence-corrected chi connectivity index (χ0v) is 17.2. The van der Waals surface area contributed by atoms with Gasteiger partial charge in [-0.15, -0.1) is 0 Å². The van der Waals surface area contributed by atoms with Crippen LogP contribution in [0.25, 0.3) is 0 Å². The molecule has 8 heteroatoms. The molecule has 28 heavy (non-hydrogen) atoms. The van der Waals surface area contributed by atoms with Gasteiger partial charge < -0.3 is 28.8 Å². The molecule has 1 aromatic carbocycles. The molecule has 1 aromatic heterocycles. The van der Waals surface area contributed by atoms with Crippen molar-refractivity contribution in [2.24, 2.45) is 0 Å². The first-order valence-corrected chi connectivity index (χ1v) is 8.98. The van der Waals surface area contributed by atoms with Crippen molar-refractivity contribution in [1.29, 1.82) is 0 Å². The fourth-order valence-corrected chi connectivity index (χ4v) is 2.49. The molecule has 2 rings (SSSR count). The van der Waals surface area contributed by atoms with Gasteiger partial charge in [0.2, 0.25) is 0 Å². The minimum atomic E-state index is -1.32. The second-order valence-electron chi connectivity index (χ2n) is 7.67. The molecule has 0 bridgehead atoms. The molecular weight excluding hydrogens is 361 g/mol. The van der Waals surface area contributed by atoms with Gasteiger partial charge in [0, 0.05) is 18.2 Å². The first-order valence-electron chi connectivity index (χ1n) is 8.98. The molecule has 0 unspecified atom stereocenters. The Kier molecular flexibility index (Phi) is 6.59. The number of rotatable bonds is 8. The van der Waals surface area contributed by atoms with Crippen molar-refractivity contribution in [3.63, 3.8) is 0 Å². The van der Waals surface area contributed by atoms with Crippen LogP contribution in [0.4, 0.5) is 0 Å². The Balaban J connectivity index is 2.30. The topological polar surface area (TPSA) is 90.2 Å². The lowest BCUT2D eigenvalue weighted by Crippen LogP contribution is -2.53. The monoisotopic (exact) mass is 389 g/mol. The predicted molar refractivity (Wildman–Crippen MR) is 107 cm³/mol. The highest BCUT2D eigenvalue weighted by Crippen LogP contribution is 2.25. The molecule has 1 heterocycles. The summed E-state index contributed by atoms with van der Waals surface area (Å²) in [5.41, 5.74) is -0.565. The molecule has 152 valence electrons. The number of carbonyl (C=O) groups excluding carboxylic acids is 1. The maximum absolute atomic E-state index is 12.2. The van der Waals surface area contributed by atoms with Crippen LogP contribution in [-0.4, -0.2) is 53.2 Å². The van der Waals surface area contributed by atoms with E-state index in [-0.39, 0.29) is 5.69 Å². The Hall–Kier alpha value is -2.29. The van der Waals surface area contributed by atoms with E-state index in [1.807, 2.05) is 24.3 Å². The highest BCUT2D eigenvalue weighted by atomic mass is 16.5. The van der Waals surface area contributed by atoms with Gasteiger partial charge >= 0.3 is 13.1 Å². The summed E-state index contributed by atoms with van der Waals surface area (Å²) < 4.78 is 17.4. The molecule has 2 aromatic rings. The summed E-state index contributed by atoms with van der Waals surface area (Å²) in [6.45, 7) is 6.98. The summed E-state index contributed by atoms with van der Waals surface area (Å²) in [6.07, 6.45) is 1.64. The van der Waals surface area contributed by atoms with Gasteiger partial charge in [-0.3, -0.25) is 0 Å². The van der Waals surface area contributed by atoms with Gasteiger partial charge in [0.25, 0.3) is 0 Å². The molecule has 0 aliphatic heterocycles. The quantitative estimate of drug-likeness (QED) is 0.527. The Labute approximate surface area is 166 Å². The summed E-state index contributed by atoms with van der Waals surface area (Å²) in [5, 5.41) is 20.8. The number of benzene rings is 1. The van der Waals surface area contributed by atoms with Crippen molar-refractivity contribution >= 4 is 18.6 Å². The molecule has 2 N–H and O–H groups in total. The molecule has 0 saturated carbocycles. The van der Waals surface area contributed by atoms with Gasteiger partial charge in [-0.2, -0.15) is 0 Å². The van der Waals surface area contributed by atoms with Crippen molar-refractivity contribution in [2.45, 2.75) is 45.4 Å². The van der Waals surface area contributed by atoms with Gasteiger partial charge in [0.1, 0.15) is 11.4 Å². The molecule has 7 nitrogen and oxygen atoms in total. The summed E-state index contributed by atoms with van der Waals surface area (Å²) in [6, 6.07) is 8.98. The summed E-state index contributed by atoms with van der Waals surface area (Å²) in [7, 11) is 1.58. The normalized spacial score (nSPS) is 12.0. The third-order valence-corrected chi connectivity index (χ3v) is 4.99. The number of aliphatic hydroxyl groups is 1. The van der Waals surface area contributed by atoms with E-state index < -0.39 is 24.3 Å². The number of ether oxygens (including phenoxy) is 2. The fraction of sp³-hybridized carbons (Fsp3) is 0.450. The largest absolute Gasteiger partial charge is 0.497 e. The van der Waals surface area contributed by atoms with Gasteiger partial charge in [-0.05, 0) is 51.5 Å². The third-order valence-electron chi connectivity index (χ3n) is 4.99. The number of esters is 1. The molecule has 0 saturated heterocycles. The lowest BCUT2D eigenvalue weighted by Gasteiger charge is -2.38. The van der Waals surface area contributed by atoms with Crippen LogP contribution in [-0.2, 0) is 15.9 Å². The van der Waals surface area contributed by atoms with E-state index in [4.69, 9.17) is 14.1 Å². The van der Waals surface area contributed by atoms with Crippen molar-refractivity contribution < 1.29 is 29.1 Å². The number of aromatic nitrogens is 1. The average molecular weight is 389 g/mol. The van der Waals surface area contributed by atoms with Gasteiger partial charge in [-0.25, -0.2) is 4.79 Å². The molecule has 0 fully saturated rings. The van der Waals surface area contributed by atoms with E-state index in [0.29, 0.717) is 12.0 Å². The van der Waals surface area contributed by atoms with Gasteiger partial charge in [0.05, 0.1) is 25.4 Å². The Bertz CT molecular complexity index is 807. The first kappa shape index (κ1) is 22.0. The SMILES string of the molecule is COC(=O)c1cc(B(O)OC(C)(C)C(C)(C)O)cn1Cc1ccc(OC)cc1. The lowest BCUT2D eigenvalue weighted by atomic mass is 9.78. The smallest absolute Gasteiger partial charge is 0.493 e. The van der Waals surface area contributed by atoms with Crippen LogP contribution in [0.2, 0.25) is 0 Å². The van der Waals surface area contributed by atoms with Gasteiger partial charge in [-0.1, -0.05) is 12.1 Å². The van der Waals surface area contributed by atoms with E-state index in [1.54, 1.807) is 45.6 Å². The maximum Gasteiger partial charge on any atom is 0.493 e. The molecule has 0 radical (unpaired) electrons. The van der Waals surface area contributed by atoms with Gasteiger partial charge in [0.15, 0.2) is 0 Å². The van der Waals surface area contributed by atoms with E-state index in [9.17, 15) is 14.9 Å². The van der Waals surface area contributed by atoms with Crippen molar-refractivity contribution in [1.82, 2.24) is 4.57 Å². The van der Waals surface area contributed by atoms with Crippen LogP contribution in [0, 0.1) is 0 Å². The summed E-state index contributed by atoms with van der Waals surface area (Å²) in [5.74, 6) is 0.219.